The molecule has 0 radical (unpaired) electrons. The predicted molar refractivity (Wildman–Crippen MR) is 135 cm³/mol. The maximum atomic E-state index is 13.5. The lowest BCUT2D eigenvalue weighted by atomic mass is 10.1. The molecule has 184 valence electrons. The lowest BCUT2D eigenvalue weighted by molar-refractivity contribution is -0.384. The molecule has 9 heteroatoms. The molecule has 0 aromatic heterocycles. The minimum Gasteiger partial charge on any atom is -0.369 e. The van der Waals surface area contributed by atoms with E-state index < -0.39 is 11.0 Å². The minimum atomic E-state index is -0.652. The maximum Gasteiger partial charge on any atom is 0.329 e. The SMILES string of the molecule is O=C1C(c2ccccc2)N(Cc2ccccc2)C(=O)N1CN1CCN(c2ccc([N+](=O)[O-])cc2)CC1. The molecule has 1 atom stereocenters. The van der Waals surface area contributed by atoms with Crippen LogP contribution < -0.4 is 4.90 Å². The Morgan fingerprint density at radius 3 is 2.03 bits per heavy atom. The Bertz CT molecular complexity index is 1230. The van der Waals surface area contributed by atoms with E-state index in [1.165, 1.54) is 17.0 Å². The predicted octanol–water partition coefficient (Wildman–Crippen LogP) is 3.88. The number of nitro benzene ring substituents is 1. The highest BCUT2D eigenvalue weighted by molar-refractivity contribution is 6.04. The second-order valence-electron chi connectivity index (χ2n) is 9.00. The topological polar surface area (TPSA) is 90.2 Å². The summed E-state index contributed by atoms with van der Waals surface area (Å²) in [4.78, 5) is 44.8. The Morgan fingerprint density at radius 1 is 0.806 bits per heavy atom. The Labute approximate surface area is 209 Å². The summed E-state index contributed by atoms with van der Waals surface area (Å²) >= 11 is 0. The lowest BCUT2D eigenvalue weighted by Gasteiger charge is -2.37. The van der Waals surface area contributed by atoms with Crippen molar-refractivity contribution in [3.8, 4) is 0 Å². The Morgan fingerprint density at radius 2 is 1.42 bits per heavy atom. The van der Waals surface area contributed by atoms with Crippen molar-refractivity contribution >= 4 is 23.3 Å². The van der Waals surface area contributed by atoms with Crippen LogP contribution in [0.3, 0.4) is 0 Å². The molecule has 3 aromatic carbocycles. The van der Waals surface area contributed by atoms with E-state index in [0.29, 0.717) is 32.7 Å². The minimum absolute atomic E-state index is 0.0662. The number of piperazine rings is 1. The van der Waals surface area contributed by atoms with Crippen LogP contribution in [0.15, 0.2) is 84.9 Å². The van der Waals surface area contributed by atoms with Gasteiger partial charge in [-0.1, -0.05) is 60.7 Å². The second kappa shape index (κ2) is 10.2. The molecule has 0 spiro atoms. The molecular weight excluding hydrogens is 458 g/mol. The molecule has 2 aliphatic heterocycles. The summed E-state index contributed by atoms with van der Waals surface area (Å²) in [6, 6.07) is 24.7. The fraction of sp³-hybridized carbons (Fsp3) is 0.259. The van der Waals surface area contributed by atoms with Crippen LogP contribution in [0.4, 0.5) is 16.2 Å². The average Bonchev–Trinajstić information content (AvgIpc) is 3.14. The highest BCUT2D eigenvalue weighted by Crippen LogP contribution is 2.33. The zero-order chi connectivity index (χ0) is 25.1. The average molecular weight is 486 g/mol. The van der Waals surface area contributed by atoms with Crippen molar-refractivity contribution in [1.29, 1.82) is 0 Å². The van der Waals surface area contributed by atoms with Crippen LogP contribution in [0.1, 0.15) is 17.2 Å². The van der Waals surface area contributed by atoms with E-state index in [2.05, 4.69) is 9.80 Å². The summed E-state index contributed by atoms with van der Waals surface area (Å²) in [5.41, 5.74) is 2.76. The van der Waals surface area contributed by atoms with Crippen molar-refractivity contribution in [2.24, 2.45) is 0 Å². The number of hydrogen-bond acceptors (Lipinski definition) is 6. The van der Waals surface area contributed by atoms with E-state index in [0.717, 1.165) is 16.8 Å². The monoisotopic (exact) mass is 485 g/mol. The lowest BCUT2D eigenvalue weighted by Crippen LogP contribution is -2.51. The van der Waals surface area contributed by atoms with Crippen LogP contribution >= 0.6 is 0 Å². The van der Waals surface area contributed by atoms with Gasteiger partial charge in [-0.2, -0.15) is 0 Å². The van der Waals surface area contributed by atoms with E-state index in [9.17, 15) is 19.7 Å². The first-order chi connectivity index (χ1) is 17.5. The van der Waals surface area contributed by atoms with Crippen molar-refractivity contribution in [1.82, 2.24) is 14.7 Å². The van der Waals surface area contributed by atoms with Gasteiger partial charge < -0.3 is 9.80 Å². The number of benzene rings is 3. The third-order valence-corrected chi connectivity index (χ3v) is 6.74. The molecule has 1 unspecified atom stereocenters. The first-order valence-corrected chi connectivity index (χ1v) is 11.9. The third-order valence-electron chi connectivity index (χ3n) is 6.74. The van der Waals surface area contributed by atoms with E-state index in [4.69, 9.17) is 0 Å². The summed E-state index contributed by atoms with van der Waals surface area (Å²) in [5, 5.41) is 10.9. The van der Waals surface area contributed by atoms with Gasteiger partial charge in [0, 0.05) is 50.5 Å². The molecule has 0 saturated carbocycles. The maximum absolute atomic E-state index is 13.5. The fourth-order valence-electron chi connectivity index (χ4n) is 4.80. The van der Waals surface area contributed by atoms with Gasteiger partial charge in [0.2, 0.25) is 0 Å². The zero-order valence-electron chi connectivity index (χ0n) is 19.8. The van der Waals surface area contributed by atoms with E-state index in [-0.39, 0.29) is 24.3 Å². The normalized spacial score (nSPS) is 18.7. The molecular formula is C27H27N5O4. The number of imide groups is 1. The molecule has 3 aromatic rings. The number of carbonyl (C=O) groups excluding carboxylic acids is 2. The van der Waals surface area contributed by atoms with E-state index >= 15 is 0 Å². The molecule has 2 fully saturated rings. The van der Waals surface area contributed by atoms with Gasteiger partial charge in [0.15, 0.2) is 0 Å². The molecule has 5 rings (SSSR count). The number of hydrogen-bond donors (Lipinski definition) is 0. The number of amides is 3. The molecule has 2 heterocycles. The smallest absolute Gasteiger partial charge is 0.329 e. The van der Waals surface area contributed by atoms with Crippen LogP contribution in [0, 0.1) is 10.1 Å². The Hall–Kier alpha value is -4.24. The summed E-state index contributed by atoms with van der Waals surface area (Å²) in [6.07, 6.45) is 0. The molecule has 0 aliphatic carbocycles. The third kappa shape index (κ3) is 4.78. The summed E-state index contributed by atoms with van der Waals surface area (Å²) < 4.78 is 0. The van der Waals surface area contributed by atoms with Gasteiger partial charge in [-0.25, -0.2) is 9.69 Å². The van der Waals surface area contributed by atoms with Crippen LogP contribution in [-0.4, -0.2) is 64.4 Å². The van der Waals surface area contributed by atoms with Gasteiger partial charge in [-0.3, -0.25) is 19.8 Å². The summed E-state index contributed by atoms with van der Waals surface area (Å²) in [7, 11) is 0. The highest BCUT2D eigenvalue weighted by atomic mass is 16.6. The number of carbonyl (C=O) groups is 2. The molecule has 9 nitrogen and oxygen atoms in total. The fourth-order valence-corrected chi connectivity index (χ4v) is 4.80. The molecule has 2 aliphatic rings. The number of non-ortho nitro benzene ring substituents is 1. The number of nitrogens with zero attached hydrogens (tertiary/aromatic N) is 5. The quantitative estimate of drug-likeness (QED) is 0.287. The van der Waals surface area contributed by atoms with Gasteiger partial charge in [0.1, 0.15) is 6.04 Å². The number of anilines is 1. The van der Waals surface area contributed by atoms with Crippen LogP contribution in [0.5, 0.6) is 0 Å². The van der Waals surface area contributed by atoms with Gasteiger partial charge in [-0.15, -0.1) is 0 Å². The highest BCUT2D eigenvalue weighted by Gasteiger charge is 2.46. The van der Waals surface area contributed by atoms with Crippen molar-refractivity contribution in [2.75, 3.05) is 37.7 Å². The Kier molecular flexibility index (Phi) is 6.64. The second-order valence-corrected chi connectivity index (χ2v) is 9.00. The van der Waals surface area contributed by atoms with Crippen molar-refractivity contribution < 1.29 is 14.5 Å². The molecule has 2 saturated heterocycles. The summed E-state index contributed by atoms with van der Waals surface area (Å²) in [6.45, 7) is 3.33. The molecule has 0 bridgehead atoms. The first-order valence-electron chi connectivity index (χ1n) is 11.9. The van der Waals surface area contributed by atoms with Crippen molar-refractivity contribution in [2.45, 2.75) is 12.6 Å². The van der Waals surface area contributed by atoms with Crippen LogP contribution in [-0.2, 0) is 11.3 Å². The first kappa shape index (κ1) is 23.5. The van der Waals surface area contributed by atoms with E-state index in [1.807, 2.05) is 60.7 Å². The molecule has 3 amide bonds. The zero-order valence-corrected chi connectivity index (χ0v) is 19.8. The van der Waals surface area contributed by atoms with Gasteiger partial charge in [0.25, 0.3) is 11.6 Å². The van der Waals surface area contributed by atoms with Crippen LogP contribution in [0.2, 0.25) is 0 Å². The number of rotatable bonds is 7. The van der Waals surface area contributed by atoms with Crippen molar-refractivity contribution in [3.63, 3.8) is 0 Å². The standard InChI is InChI=1S/C27H27N5O4/c33-26-25(22-9-5-2-6-10-22)30(19-21-7-3-1-4-8-21)27(34)31(26)20-28-15-17-29(18-16-28)23-11-13-24(14-12-23)32(35)36/h1-14,25H,15-20H2. The van der Waals surface area contributed by atoms with Crippen LogP contribution in [0.25, 0.3) is 0 Å². The van der Waals surface area contributed by atoms with Gasteiger partial charge in [0.05, 0.1) is 11.6 Å². The van der Waals surface area contributed by atoms with Gasteiger partial charge >= 0.3 is 6.03 Å². The summed E-state index contributed by atoms with van der Waals surface area (Å²) in [5.74, 6) is -0.208. The molecule has 36 heavy (non-hydrogen) atoms. The van der Waals surface area contributed by atoms with Gasteiger partial charge in [-0.05, 0) is 23.3 Å². The number of urea groups is 1. The largest absolute Gasteiger partial charge is 0.369 e. The Balaban J connectivity index is 1.28. The molecule has 0 N–H and O–H groups in total. The van der Waals surface area contributed by atoms with Crippen molar-refractivity contribution in [3.05, 3.63) is 106 Å². The number of nitro groups is 1. The van der Waals surface area contributed by atoms with E-state index in [1.54, 1.807) is 17.0 Å².